The molecule has 4 nitrogen and oxygen atoms in total. The standard InChI is InChI=1S/C23H29N3O/c1-25(2)15-16-26(18-19-7-4-3-5-8-19)23(27)12-11-20-9-6-10-21-17-24-14-13-22(20)21/h3-12,24H,13-18H2,1-2H3. The van der Waals surface area contributed by atoms with Crippen LogP contribution in [0.1, 0.15) is 22.3 Å². The maximum atomic E-state index is 12.9. The summed E-state index contributed by atoms with van der Waals surface area (Å²) in [5.41, 5.74) is 5.02. The van der Waals surface area contributed by atoms with Crippen LogP contribution in [-0.2, 0) is 24.3 Å². The first-order valence-electron chi connectivity index (χ1n) is 9.60. The van der Waals surface area contributed by atoms with E-state index >= 15 is 0 Å². The summed E-state index contributed by atoms with van der Waals surface area (Å²) in [6.45, 7) is 4.10. The van der Waals surface area contributed by atoms with E-state index in [-0.39, 0.29) is 5.91 Å². The number of hydrogen-bond donors (Lipinski definition) is 1. The lowest BCUT2D eigenvalue weighted by molar-refractivity contribution is -0.126. The van der Waals surface area contributed by atoms with E-state index in [0.717, 1.165) is 37.2 Å². The van der Waals surface area contributed by atoms with Crippen LogP contribution < -0.4 is 5.32 Å². The van der Waals surface area contributed by atoms with Gasteiger partial charge in [0.15, 0.2) is 0 Å². The smallest absolute Gasteiger partial charge is 0.246 e. The van der Waals surface area contributed by atoms with Crippen molar-refractivity contribution >= 4 is 12.0 Å². The molecule has 0 saturated heterocycles. The van der Waals surface area contributed by atoms with Gasteiger partial charge in [0.1, 0.15) is 0 Å². The molecule has 1 heterocycles. The zero-order valence-electron chi connectivity index (χ0n) is 16.3. The van der Waals surface area contributed by atoms with Crippen LogP contribution in [0.4, 0.5) is 0 Å². The number of rotatable bonds is 7. The number of carbonyl (C=O) groups excluding carboxylic acids is 1. The fraction of sp³-hybridized carbons (Fsp3) is 0.348. The number of hydrogen-bond acceptors (Lipinski definition) is 3. The van der Waals surface area contributed by atoms with Crippen LogP contribution in [0.25, 0.3) is 6.08 Å². The van der Waals surface area contributed by atoms with Gasteiger partial charge < -0.3 is 15.1 Å². The van der Waals surface area contributed by atoms with Crippen molar-refractivity contribution in [2.75, 3.05) is 33.7 Å². The molecule has 1 amide bonds. The summed E-state index contributed by atoms with van der Waals surface area (Å²) in [4.78, 5) is 16.9. The molecule has 0 fully saturated rings. The summed E-state index contributed by atoms with van der Waals surface area (Å²) < 4.78 is 0. The number of fused-ring (bicyclic) bond motifs is 1. The molecule has 27 heavy (non-hydrogen) atoms. The number of nitrogens with one attached hydrogen (secondary N) is 1. The zero-order chi connectivity index (χ0) is 19.1. The molecule has 0 bridgehead atoms. The van der Waals surface area contributed by atoms with Crippen LogP contribution in [0.5, 0.6) is 0 Å². The minimum Gasteiger partial charge on any atom is -0.334 e. The third-order valence-corrected chi connectivity index (χ3v) is 4.93. The Bertz CT molecular complexity index is 783. The predicted octanol–water partition coefficient (Wildman–Crippen LogP) is 2.94. The highest BCUT2D eigenvalue weighted by Crippen LogP contribution is 2.20. The van der Waals surface area contributed by atoms with E-state index in [9.17, 15) is 4.79 Å². The molecule has 0 aliphatic carbocycles. The lowest BCUT2D eigenvalue weighted by Crippen LogP contribution is -2.35. The van der Waals surface area contributed by atoms with Crippen LogP contribution in [0, 0.1) is 0 Å². The highest BCUT2D eigenvalue weighted by atomic mass is 16.2. The van der Waals surface area contributed by atoms with Crippen molar-refractivity contribution in [1.29, 1.82) is 0 Å². The van der Waals surface area contributed by atoms with Crippen molar-refractivity contribution in [2.24, 2.45) is 0 Å². The summed E-state index contributed by atoms with van der Waals surface area (Å²) in [6.07, 6.45) is 4.73. The molecule has 1 N–H and O–H groups in total. The average molecular weight is 364 g/mol. The molecule has 0 unspecified atom stereocenters. The molecule has 2 aromatic carbocycles. The molecule has 3 rings (SSSR count). The number of amides is 1. The summed E-state index contributed by atoms with van der Waals surface area (Å²) in [6, 6.07) is 16.5. The van der Waals surface area contributed by atoms with Gasteiger partial charge in [0.2, 0.25) is 5.91 Å². The van der Waals surface area contributed by atoms with Gasteiger partial charge in [-0.2, -0.15) is 0 Å². The second-order valence-electron chi connectivity index (χ2n) is 7.29. The van der Waals surface area contributed by atoms with Gasteiger partial charge >= 0.3 is 0 Å². The average Bonchev–Trinajstić information content (AvgIpc) is 2.70. The van der Waals surface area contributed by atoms with Gasteiger partial charge in [-0.3, -0.25) is 4.79 Å². The molecule has 2 aromatic rings. The van der Waals surface area contributed by atoms with Gasteiger partial charge in [-0.15, -0.1) is 0 Å². The molecular weight excluding hydrogens is 334 g/mol. The summed E-state index contributed by atoms with van der Waals surface area (Å²) in [5, 5.41) is 3.40. The Hall–Kier alpha value is -2.43. The van der Waals surface area contributed by atoms with Gasteiger partial charge in [-0.25, -0.2) is 0 Å². The maximum Gasteiger partial charge on any atom is 0.246 e. The molecule has 142 valence electrons. The molecule has 4 heteroatoms. The number of nitrogens with zero attached hydrogens (tertiary/aromatic N) is 2. The van der Waals surface area contributed by atoms with Crippen molar-refractivity contribution in [2.45, 2.75) is 19.5 Å². The van der Waals surface area contributed by atoms with Crippen molar-refractivity contribution in [3.8, 4) is 0 Å². The first kappa shape index (κ1) is 19.3. The van der Waals surface area contributed by atoms with Gasteiger partial charge in [0, 0.05) is 32.3 Å². The lowest BCUT2D eigenvalue weighted by atomic mass is 9.95. The quantitative estimate of drug-likeness (QED) is 0.769. The lowest BCUT2D eigenvalue weighted by Gasteiger charge is -2.23. The second kappa shape index (κ2) is 9.49. The number of likely N-dealkylation sites (N-methyl/N-ethyl adjacent to an activating group) is 1. The van der Waals surface area contributed by atoms with Gasteiger partial charge in [0.05, 0.1) is 0 Å². The molecule has 0 spiro atoms. The van der Waals surface area contributed by atoms with Crippen LogP contribution in [-0.4, -0.2) is 49.4 Å². The van der Waals surface area contributed by atoms with E-state index in [1.807, 2.05) is 43.3 Å². The Balaban J connectivity index is 1.74. The fourth-order valence-electron chi connectivity index (χ4n) is 3.38. The molecule has 0 atom stereocenters. The first-order chi connectivity index (χ1) is 13.1. The number of benzene rings is 2. The Morgan fingerprint density at radius 3 is 2.67 bits per heavy atom. The largest absolute Gasteiger partial charge is 0.334 e. The first-order valence-corrected chi connectivity index (χ1v) is 9.60. The topological polar surface area (TPSA) is 35.6 Å². The fourth-order valence-corrected chi connectivity index (χ4v) is 3.38. The van der Waals surface area contributed by atoms with E-state index in [0.29, 0.717) is 13.1 Å². The molecule has 0 radical (unpaired) electrons. The highest BCUT2D eigenvalue weighted by Gasteiger charge is 2.14. The Kier molecular flexibility index (Phi) is 6.80. The Morgan fingerprint density at radius 2 is 1.89 bits per heavy atom. The van der Waals surface area contributed by atoms with Gasteiger partial charge in [0.25, 0.3) is 0 Å². The molecule has 1 aliphatic heterocycles. The van der Waals surface area contributed by atoms with Crippen LogP contribution >= 0.6 is 0 Å². The van der Waals surface area contributed by atoms with E-state index in [4.69, 9.17) is 0 Å². The summed E-state index contributed by atoms with van der Waals surface area (Å²) in [7, 11) is 4.07. The zero-order valence-corrected chi connectivity index (χ0v) is 16.3. The monoisotopic (exact) mass is 363 g/mol. The van der Waals surface area contributed by atoms with Gasteiger partial charge in [-0.1, -0.05) is 48.5 Å². The minimum absolute atomic E-state index is 0.0623. The molecule has 0 aromatic heterocycles. The molecule has 1 aliphatic rings. The Morgan fingerprint density at radius 1 is 1.07 bits per heavy atom. The third kappa shape index (κ3) is 5.52. The van der Waals surface area contributed by atoms with Crippen molar-refractivity contribution in [3.05, 3.63) is 76.9 Å². The maximum absolute atomic E-state index is 12.9. The van der Waals surface area contributed by atoms with E-state index in [2.05, 4.69) is 40.5 Å². The van der Waals surface area contributed by atoms with Crippen LogP contribution in [0.2, 0.25) is 0 Å². The van der Waals surface area contributed by atoms with Crippen LogP contribution in [0.15, 0.2) is 54.6 Å². The van der Waals surface area contributed by atoms with E-state index in [1.165, 1.54) is 11.1 Å². The SMILES string of the molecule is CN(C)CCN(Cc1ccccc1)C(=O)C=Cc1cccc2c1CCNC2. The van der Waals surface area contributed by atoms with E-state index in [1.54, 1.807) is 6.08 Å². The predicted molar refractivity (Wildman–Crippen MR) is 111 cm³/mol. The van der Waals surface area contributed by atoms with E-state index < -0.39 is 0 Å². The summed E-state index contributed by atoms with van der Waals surface area (Å²) in [5.74, 6) is 0.0623. The molecule has 0 saturated carbocycles. The molecular formula is C23H29N3O. The van der Waals surface area contributed by atoms with Gasteiger partial charge in [-0.05, 0) is 55.4 Å². The third-order valence-electron chi connectivity index (χ3n) is 4.93. The minimum atomic E-state index is 0.0623. The van der Waals surface area contributed by atoms with Crippen molar-refractivity contribution < 1.29 is 4.79 Å². The second-order valence-corrected chi connectivity index (χ2v) is 7.29. The van der Waals surface area contributed by atoms with Crippen molar-refractivity contribution in [3.63, 3.8) is 0 Å². The highest BCUT2D eigenvalue weighted by molar-refractivity contribution is 5.92. The van der Waals surface area contributed by atoms with Crippen LogP contribution in [0.3, 0.4) is 0 Å². The Labute approximate surface area is 162 Å². The normalized spacial score (nSPS) is 13.7. The summed E-state index contributed by atoms with van der Waals surface area (Å²) >= 11 is 0. The van der Waals surface area contributed by atoms with Crippen molar-refractivity contribution in [1.82, 2.24) is 15.1 Å². The number of carbonyl (C=O) groups is 1.